The van der Waals surface area contributed by atoms with Crippen molar-refractivity contribution in [2.24, 2.45) is 5.92 Å². The topological polar surface area (TPSA) is 223 Å². The van der Waals surface area contributed by atoms with Gasteiger partial charge in [0.1, 0.15) is 41.6 Å². The Bertz CT molecular complexity index is 1550. The summed E-state index contributed by atoms with van der Waals surface area (Å²) in [6.45, 7) is 9.92. The molecule has 16 heteroatoms. The summed E-state index contributed by atoms with van der Waals surface area (Å²) < 4.78 is 16.6. The summed E-state index contributed by atoms with van der Waals surface area (Å²) in [6.07, 6.45) is 6.66. The Labute approximate surface area is 310 Å². The molecule has 1 aromatic carbocycles. The van der Waals surface area contributed by atoms with Crippen molar-refractivity contribution in [3.05, 3.63) is 53.1 Å². The lowest BCUT2D eigenvalue weighted by Crippen LogP contribution is -2.57. The van der Waals surface area contributed by atoms with Gasteiger partial charge in [0.2, 0.25) is 29.5 Å². The minimum Gasteiger partial charge on any atom is -0.507 e. The number of amides is 6. The third-order valence-corrected chi connectivity index (χ3v) is 8.16. The number of hydrogen-bond donors (Lipinski definition) is 7. The Hall–Kier alpha value is -4.96. The summed E-state index contributed by atoms with van der Waals surface area (Å²) in [5.74, 6) is -3.44. The zero-order valence-corrected chi connectivity index (χ0v) is 31.5. The second-order valence-corrected chi connectivity index (χ2v) is 14.4. The van der Waals surface area contributed by atoms with E-state index in [1.807, 2.05) is 13.8 Å². The van der Waals surface area contributed by atoms with Crippen LogP contribution in [0.1, 0.15) is 70.7 Å². The van der Waals surface area contributed by atoms with Crippen molar-refractivity contribution in [2.75, 3.05) is 33.5 Å². The summed E-state index contributed by atoms with van der Waals surface area (Å²) in [5.41, 5.74) is 0.375. The van der Waals surface area contributed by atoms with E-state index in [2.05, 4.69) is 31.9 Å². The van der Waals surface area contributed by atoms with E-state index < -0.39 is 71.4 Å². The molecule has 5 atom stereocenters. The normalized spacial score (nSPS) is 25.2. The van der Waals surface area contributed by atoms with Gasteiger partial charge in [-0.3, -0.25) is 24.0 Å². The number of allylic oxidation sites excluding steroid dienone is 2. The highest BCUT2D eigenvalue weighted by Gasteiger charge is 2.34. The monoisotopic (exact) mass is 742 g/mol. The van der Waals surface area contributed by atoms with Gasteiger partial charge in [-0.05, 0) is 81.7 Å². The van der Waals surface area contributed by atoms with Gasteiger partial charge in [-0.25, -0.2) is 4.79 Å². The molecule has 0 aromatic heterocycles. The van der Waals surface area contributed by atoms with Crippen molar-refractivity contribution in [1.29, 1.82) is 0 Å². The molecule has 6 amide bonds. The molecule has 0 aliphatic carbocycles. The largest absolute Gasteiger partial charge is 0.507 e. The van der Waals surface area contributed by atoms with E-state index in [0.29, 0.717) is 16.7 Å². The second kappa shape index (κ2) is 19.8. The molecule has 1 aromatic rings. The van der Waals surface area contributed by atoms with Gasteiger partial charge < -0.3 is 51.2 Å². The van der Waals surface area contributed by atoms with Crippen LogP contribution in [-0.4, -0.2) is 104 Å². The van der Waals surface area contributed by atoms with E-state index in [1.165, 1.54) is 14.0 Å². The molecule has 53 heavy (non-hydrogen) atoms. The molecule has 0 radical (unpaired) electrons. The van der Waals surface area contributed by atoms with Crippen LogP contribution in [0.4, 0.5) is 4.79 Å². The maximum atomic E-state index is 14.2. The fourth-order valence-electron chi connectivity index (χ4n) is 5.50. The number of hydrogen-bond acceptors (Lipinski definition) is 10. The van der Waals surface area contributed by atoms with Crippen LogP contribution in [-0.2, 0) is 51.0 Å². The Kier molecular flexibility index (Phi) is 15.8. The van der Waals surface area contributed by atoms with E-state index in [-0.39, 0.29) is 57.4 Å². The number of alkyl carbamates (subject to hydrolysis) is 1. The van der Waals surface area contributed by atoms with Gasteiger partial charge in [0, 0.05) is 7.05 Å². The first-order valence-corrected chi connectivity index (χ1v) is 17.7. The molecule has 0 spiro atoms. The van der Waals surface area contributed by atoms with Crippen molar-refractivity contribution in [1.82, 2.24) is 31.9 Å². The minimum atomic E-state index is -1.40. The van der Waals surface area contributed by atoms with Gasteiger partial charge in [0.25, 0.3) is 0 Å². The lowest BCUT2D eigenvalue weighted by molar-refractivity contribution is -0.135. The molecule has 7 N–H and O–H groups in total. The van der Waals surface area contributed by atoms with Crippen molar-refractivity contribution >= 4 is 35.6 Å². The number of phenols is 1. The predicted octanol–water partition coefficient (Wildman–Crippen LogP) is 0.967. The van der Waals surface area contributed by atoms with Gasteiger partial charge in [-0.2, -0.15) is 0 Å². The summed E-state index contributed by atoms with van der Waals surface area (Å²) in [6, 6.07) is -2.83. The first-order chi connectivity index (χ1) is 25.0. The van der Waals surface area contributed by atoms with Crippen LogP contribution in [0.3, 0.4) is 0 Å². The summed E-state index contributed by atoms with van der Waals surface area (Å²) >= 11 is 0. The van der Waals surface area contributed by atoms with E-state index in [9.17, 15) is 33.9 Å². The molecular weight excluding hydrogens is 688 g/mol. The number of likely N-dealkylation sites (N-methyl/N-ethyl adjacent to an activating group) is 1. The highest BCUT2D eigenvalue weighted by atomic mass is 16.6. The van der Waals surface area contributed by atoms with Crippen molar-refractivity contribution in [2.45, 2.75) is 96.6 Å². The number of carbonyl (C=O) groups excluding carboxylic acids is 6. The van der Waals surface area contributed by atoms with Crippen molar-refractivity contribution in [3.63, 3.8) is 0 Å². The molecule has 292 valence electrons. The lowest BCUT2D eigenvalue weighted by Gasteiger charge is -2.28. The number of phenolic OH excluding ortho intramolecular Hbond substituents is 1. The van der Waals surface area contributed by atoms with Gasteiger partial charge in [0.05, 0.1) is 26.4 Å². The van der Waals surface area contributed by atoms with E-state index in [0.717, 1.165) is 0 Å². The zero-order valence-electron chi connectivity index (χ0n) is 31.5. The highest BCUT2D eigenvalue weighted by Crippen LogP contribution is 2.30. The molecule has 0 fully saturated rings. The number of aromatic hydroxyl groups is 1. The van der Waals surface area contributed by atoms with Crippen LogP contribution in [0.15, 0.2) is 36.4 Å². The summed E-state index contributed by atoms with van der Waals surface area (Å²) in [5, 5.41) is 27.0. The van der Waals surface area contributed by atoms with Crippen molar-refractivity contribution < 1.29 is 48.1 Å². The second-order valence-electron chi connectivity index (χ2n) is 14.4. The predicted molar refractivity (Wildman–Crippen MR) is 194 cm³/mol. The fraction of sp³-hybridized carbons (Fsp3) is 0.568. The molecule has 3 rings (SSSR count). The van der Waals surface area contributed by atoms with E-state index in [4.69, 9.17) is 14.2 Å². The first kappa shape index (κ1) is 42.5. The maximum absolute atomic E-state index is 14.2. The Morgan fingerprint density at radius 1 is 0.868 bits per heavy atom. The third-order valence-electron chi connectivity index (χ3n) is 8.16. The van der Waals surface area contributed by atoms with Gasteiger partial charge in [0.15, 0.2) is 0 Å². The number of carbonyl (C=O) groups is 6. The third kappa shape index (κ3) is 13.5. The average molecular weight is 743 g/mol. The highest BCUT2D eigenvalue weighted by molar-refractivity contribution is 5.96. The summed E-state index contributed by atoms with van der Waals surface area (Å²) in [4.78, 5) is 80.2. The first-order valence-electron chi connectivity index (χ1n) is 17.7. The zero-order chi connectivity index (χ0) is 39.3. The molecular formula is C37H54N6O10. The number of ether oxygens (including phenoxy) is 3. The SMILES string of the molecule is CNC(=O)[C@@H]1COC/C=C\Cc2cc3cc(c2O)C/C=C\COC[C@H](NC(=O)OC(C)(C)C)C(=O)N[C@H](C)C(=O)N[C@@H]3C(=O)N[C@H](CC(C)C)C(=O)N1. The fourth-order valence-corrected chi connectivity index (χ4v) is 5.50. The Morgan fingerprint density at radius 3 is 2.04 bits per heavy atom. The van der Waals surface area contributed by atoms with Crippen LogP contribution >= 0.6 is 0 Å². The number of nitrogens with one attached hydrogen (secondary N) is 6. The Morgan fingerprint density at radius 2 is 1.47 bits per heavy atom. The minimum absolute atomic E-state index is 0.0170. The number of fused-ring (bicyclic) bond motifs is 2. The van der Waals surface area contributed by atoms with Gasteiger partial charge in [-0.1, -0.05) is 38.2 Å². The quantitative estimate of drug-likeness (QED) is 0.217. The molecule has 3 bridgehead atoms. The Balaban J connectivity index is 2.09. The molecule has 2 aliphatic rings. The molecule has 0 unspecified atom stereocenters. The smallest absolute Gasteiger partial charge is 0.408 e. The molecule has 2 aliphatic heterocycles. The van der Waals surface area contributed by atoms with E-state index in [1.54, 1.807) is 57.2 Å². The van der Waals surface area contributed by atoms with E-state index >= 15 is 0 Å². The van der Waals surface area contributed by atoms with Crippen LogP contribution < -0.4 is 31.9 Å². The molecule has 0 saturated heterocycles. The van der Waals surface area contributed by atoms with Crippen LogP contribution in [0, 0.1) is 5.92 Å². The lowest BCUT2D eigenvalue weighted by atomic mass is 9.94. The maximum Gasteiger partial charge on any atom is 0.408 e. The number of rotatable bonds is 4. The van der Waals surface area contributed by atoms with Crippen LogP contribution in [0.2, 0.25) is 0 Å². The molecule has 2 heterocycles. The van der Waals surface area contributed by atoms with Crippen LogP contribution in [0.25, 0.3) is 0 Å². The summed E-state index contributed by atoms with van der Waals surface area (Å²) in [7, 11) is 1.43. The standard InChI is InChI=1S/C37H54N6O10/c1-21(2)16-26-33(47)41-27(32(46)38-7)19-51-14-10-8-12-23-17-25-18-24(30(23)44)13-9-11-15-52-20-28(42-36(50)53-37(4,5)6)34(48)39-22(3)31(45)43-29(25)35(49)40-26/h8-11,17-18,21-22,26-29,44H,12-16,19-20H2,1-7H3,(H,38,46)(H,39,48)(H,40,49)(H,41,47)(H,42,50)(H,43,45)/b10-8-,11-9-/t22-,26-,27+,28+,29+/m1/s1. The number of benzene rings is 1. The molecule has 0 saturated carbocycles. The van der Waals surface area contributed by atoms with Gasteiger partial charge in [-0.15, -0.1) is 0 Å². The average Bonchev–Trinajstić information content (AvgIpc) is 3.07. The van der Waals surface area contributed by atoms with Gasteiger partial charge >= 0.3 is 6.09 Å². The van der Waals surface area contributed by atoms with Crippen LogP contribution in [0.5, 0.6) is 5.75 Å². The van der Waals surface area contributed by atoms with Crippen molar-refractivity contribution in [3.8, 4) is 5.75 Å². The molecule has 16 nitrogen and oxygen atoms in total.